The molecule has 0 aliphatic heterocycles. The summed E-state index contributed by atoms with van der Waals surface area (Å²) in [5.41, 5.74) is 5.94. The molecule has 0 saturated carbocycles. The van der Waals surface area contributed by atoms with E-state index in [0.717, 1.165) is 16.5 Å². The minimum absolute atomic E-state index is 0.177. The first-order chi connectivity index (χ1) is 13.0. The number of hydrazone groups is 1. The van der Waals surface area contributed by atoms with Crippen molar-refractivity contribution in [3.8, 4) is 5.75 Å². The molecule has 0 spiro atoms. The molecule has 0 unspecified atom stereocenters. The Kier molecular flexibility index (Phi) is 3.84. The predicted molar refractivity (Wildman–Crippen MR) is 99.9 cm³/mol. The summed E-state index contributed by atoms with van der Waals surface area (Å²) in [5.74, 6) is -0.228. The van der Waals surface area contributed by atoms with Gasteiger partial charge in [-0.1, -0.05) is 18.2 Å². The predicted octanol–water partition coefficient (Wildman–Crippen LogP) is 2.87. The molecule has 0 fully saturated rings. The lowest BCUT2D eigenvalue weighted by atomic mass is 10.1. The fourth-order valence-electron chi connectivity index (χ4n) is 2.72. The number of H-pyrrole nitrogens is 1. The van der Waals surface area contributed by atoms with Crippen molar-refractivity contribution < 1.29 is 10.0 Å². The molecule has 0 amide bonds. The molecule has 3 N–H and O–H groups in total. The molecule has 0 radical (unpaired) electrons. The SMILES string of the molecule is Cc1cccc2c1[nH]c1nc(N/N=C/c3ccc(O)c([N+](=O)[O-])c3)nnc12. The smallest absolute Gasteiger partial charge is 0.311 e. The van der Waals surface area contributed by atoms with E-state index in [1.54, 1.807) is 0 Å². The zero-order chi connectivity index (χ0) is 19.0. The number of hydrogen-bond acceptors (Lipinski definition) is 8. The Morgan fingerprint density at radius 1 is 1.30 bits per heavy atom. The highest BCUT2D eigenvalue weighted by Gasteiger charge is 2.13. The van der Waals surface area contributed by atoms with Gasteiger partial charge in [0.25, 0.3) is 5.95 Å². The third-order valence-corrected chi connectivity index (χ3v) is 4.03. The molecule has 2 aromatic carbocycles. The summed E-state index contributed by atoms with van der Waals surface area (Å²) >= 11 is 0. The zero-order valence-corrected chi connectivity index (χ0v) is 14.0. The van der Waals surface area contributed by atoms with Crippen LogP contribution in [0.15, 0.2) is 41.5 Å². The second-order valence-corrected chi connectivity index (χ2v) is 5.83. The first kappa shape index (κ1) is 16.4. The van der Waals surface area contributed by atoms with Crippen molar-refractivity contribution in [1.29, 1.82) is 0 Å². The highest BCUT2D eigenvalue weighted by molar-refractivity contribution is 6.04. The minimum Gasteiger partial charge on any atom is -0.502 e. The Morgan fingerprint density at radius 2 is 2.15 bits per heavy atom. The number of aromatic hydroxyl groups is 1. The molecule has 2 heterocycles. The number of nitro benzene ring substituents is 1. The van der Waals surface area contributed by atoms with Gasteiger partial charge in [-0.15, -0.1) is 10.2 Å². The standard InChI is InChI=1S/C17H13N7O3/c1-9-3-2-4-11-14(9)19-16-15(11)21-23-17(20-16)22-18-8-10-5-6-13(25)12(7-10)24(26)27/h2-8,25H,1H3,(H2,19,20,22,23)/b18-8+. The van der Waals surface area contributed by atoms with Crippen molar-refractivity contribution in [2.24, 2.45) is 5.10 Å². The second-order valence-electron chi connectivity index (χ2n) is 5.83. The first-order valence-electron chi connectivity index (χ1n) is 7.91. The van der Waals surface area contributed by atoms with Gasteiger partial charge in [0.05, 0.1) is 16.7 Å². The van der Waals surface area contributed by atoms with Crippen LogP contribution in [-0.2, 0) is 0 Å². The minimum atomic E-state index is -0.668. The quantitative estimate of drug-likeness (QED) is 0.287. The number of nitrogens with one attached hydrogen (secondary N) is 2. The largest absolute Gasteiger partial charge is 0.502 e. The molecular formula is C17H13N7O3. The Bertz CT molecular complexity index is 1220. The number of phenols is 1. The number of fused-ring (bicyclic) bond motifs is 3. The second kappa shape index (κ2) is 6.33. The molecule has 27 heavy (non-hydrogen) atoms. The van der Waals surface area contributed by atoms with Crippen LogP contribution in [0.1, 0.15) is 11.1 Å². The number of benzene rings is 2. The molecule has 10 nitrogen and oxygen atoms in total. The van der Waals surface area contributed by atoms with Gasteiger partial charge < -0.3 is 10.1 Å². The normalized spacial score (nSPS) is 11.4. The number of rotatable bonds is 4. The summed E-state index contributed by atoms with van der Waals surface area (Å²) in [7, 11) is 0. The third kappa shape index (κ3) is 2.99. The third-order valence-electron chi connectivity index (χ3n) is 4.03. The molecule has 0 aliphatic carbocycles. The summed E-state index contributed by atoms with van der Waals surface area (Å²) in [6.07, 6.45) is 1.36. The van der Waals surface area contributed by atoms with Crippen molar-refractivity contribution in [1.82, 2.24) is 20.2 Å². The highest BCUT2D eigenvalue weighted by atomic mass is 16.6. The van der Waals surface area contributed by atoms with E-state index in [4.69, 9.17) is 0 Å². The molecule has 0 aliphatic rings. The van der Waals surface area contributed by atoms with Crippen LogP contribution in [0.3, 0.4) is 0 Å². The first-order valence-corrected chi connectivity index (χ1v) is 7.91. The number of phenolic OH excluding ortho intramolecular Hbond substituents is 1. The van der Waals surface area contributed by atoms with Crippen molar-refractivity contribution in [3.63, 3.8) is 0 Å². The Morgan fingerprint density at radius 3 is 2.96 bits per heavy atom. The number of para-hydroxylation sites is 1. The van der Waals surface area contributed by atoms with Gasteiger partial charge in [0.15, 0.2) is 11.4 Å². The Hall–Kier alpha value is -4.08. The van der Waals surface area contributed by atoms with Gasteiger partial charge in [0.1, 0.15) is 5.52 Å². The zero-order valence-electron chi connectivity index (χ0n) is 14.0. The fourth-order valence-corrected chi connectivity index (χ4v) is 2.72. The van der Waals surface area contributed by atoms with Gasteiger partial charge in [-0.2, -0.15) is 10.1 Å². The van der Waals surface area contributed by atoms with Crippen LogP contribution in [0.5, 0.6) is 5.75 Å². The number of nitro groups is 1. The molecule has 134 valence electrons. The van der Waals surface area contributed by atoms with E-state index < -0.39 is 16.4 Å². The van der Waals surface area contributed by atoms with Crippen LogP contribution in [0.25, 0.3) is 22.1 Å². The van der Waals surface area contributed by atoms with Gasteiger partial charge in [-0.3, -0.25) is 10.1 Å². The van der Waals surface area contributed by atoms with Gasteiger partial charge in [-0.05, 0) is 24.6 Å². The van der Waals surface area contributed by atoms with Crippen LogP contribution in [0.2, 0.25) is 0 Å². The van der Waals surface area contributed by atoms with E-state index in [2.05, 4.69) is 30.7 Å². The molecule has 4 aromatic rings. The van der Waals surface area contributed by atoms with Crippen molar-refractivity contribution >= 4 is 39.9 Å². The fraction of sp³-hybridized carbons (Fsp3) is 0.0588. The molecule has 0 atom stereocenters. The van der Waals surface area contributed by atoms with E-state index in [1.165, 1.54) is 24.4 Å². The number of hydrogen-bond donors (Lipinski definition) is 3. The maximum atomic E-state index is 10.8. The van der Waals surface area contributed by atoms with E-state index in [9.17, 15) is 15.2 Å². The summed E-state index contributed by atoms with van der Waals surface area (Å²) < 4.78 is 0. The lowest BCUT2D eigenvalue weighted by Gasteiger charge is -1.99. The lowest BCUT2D eigenvalue weighted by molar-refractivity contribution is -0.385. The Balaban J connectivity index is 1.60. The maximum absolute atomic E-state index is 10.8. The van der Waals surface area contributed by atoms with Crippen LogP contribution >= 0.6 is 0 Å². The number of aryl methyl sites for hydroxylation is 1. The molecule has 10 heteroatoms. The van der Waals surface area contributed by atoms with Gasteiger partial charge in [0.2, 0.25) is 0 Å². The van der Waals surface area contributed by atoms with Crippen molar-refractivity contribution in [3.05, 3.63) is 57.6 Å². The molecule has 0 bridgehead atoms. The average molecular weight is 363 g/mol. The van der Waals surface area contributed by atoms with Crippen LogP contribution in [0, 0.1) is 17.0 Å². The summed E-state index contributed by atoms with van der Waals surface area (Å²) in [4.78, 5) is 17.7. The van der Waals surface area contributed by atoms with Crippen molar-refractivity contribution in [2.75, 3.05) is 5.43 Å². The topological polar surface area (TPSA) is 142 Å². The Labute approximate surface area is 151 Å². The van der Waals surface area contributed by atoms with Gasteiger partial charge in [0, 0.05) is 17.0 Å². The van der Waals surface area contributed by atoms with E-state index in [0.29, 0.717) is 16.7 Å². The number of anilines is 1. The average Bonchev–Trinajstić information content (AvgIpc) is 3.02. The van der Waals surface area contributed by atoms with Gasteiger partial charge in [-0.25, -0.2) is 5.43 Å². The molecule has 0 saturated heterocycles. The summed E-state index contributed by atoms with van der Waals surface area (Å²) in [6, 6.07) is 9.82. The van der Waals surface area contributed by atoms with Crippen LogP contribution < -0.4 is 5.43 Å². The van der Waals surface area contributed by atoms with Crippen molar-refractivity contribution in [2.45, 2.75) is 6.92 Å². The lowest BCUT2D eigenvalue weighted by Crippen LogP contribution is -1.99. The molecular weight excluding hydrogens is 350 g/mol. The number of aromatic nitrogens is 4. The number of nitrogens with zero attached hydrogens (tertiary/aromatic N) is 5. The summed E-state index contributed by atoms with van der Waals surface area (Å²) in [5, 5.41) is 33.4. The number of aromatic amines is 1. The maximum Gasteiger partial charge on any atom is 0.311 e. The van der Waals surface area contributed by atoms with E-state index in [-0.39, 0.29) is 5.95 Å². The van der Waals surface area contributed by atoms with E-state index >= 15 is 0 Å². The summed E-state index contributed by atoms with van der Waals surface area (Å²) in [6.45, 7) is 1.99. The van der Waals surface area contributed by atoms with Crippen LogP contribution in [-0.4, -0.2) is 36.4 Å². The van der Waals surface area contributed by atoms with Crippen LogP contribution in [0.4, 0.5) is 11.6 Å². The molecule has 2 aromatic heterocycles. The highest BCUT2D eigenvalue weighted by Crippen LogP contribution is 2.26. The monoisotopic (exact) mass is 363 g/mol. The van der Waals surface area contributed by atoms with Gasteiger partial charge >= 0.3 is 5.69 Å². The van der Waals surface area contributed by atoms with E-state index in [1.807, 2.05) is 25.1 Å². The molecule has 4 rings (SSSR count).